The van der Waals surface area contributed by atoms with Gasteiger partial charge in [0.2, 0.25) is 0 Å². The molecule has 0 aromatic heterocycles. The number of hydrogen-bond donors (Lipinski definition) is 1. The zero-order chi connectivity index (χ0) is 11.6. The van der Waals surface area contributed by atoms with Gasteiger partial charge in [-0.25, -0.2) is 0 Å². The monoisotopic (exact) mass is 225 g/mol. The second-order valence-corrected chi connectivity index (χ2v) is 5.78. The Labute approximate surface area is 100 Å². The minimum atomic E-state index is 0.375. The van der Waals surface area contributed by atoms with Gasteiger partial charge in [-0.3, -0.25) is 0 Å². The summed E-state index contributed by atoms with van der Waals surface area (Å²) in [4.78, 5) is 0. The lowest BCUT2D eigenvalue weighted by atomic mass is 9.61. The predicted molar refractivity (Wildman–Crippen MR) is 67.6 cm³/mol. The summed E-state index contributed by atoms with van der Waals surface area (Å²) < 4.78 is 5.81. The van der Waals surface area contributed by atoms with Crippen molar-refractivity contribution in [1.82, 2.24) is 5.32 Å². The molecule has 0 aromatic carbocycles. The molecule has 94 valence electrons. The van der Waals surface area contributed by atoms with Crippen LogP contribution < -0.4 is 5.32 Å². The summed E-state index contributed by atoms with van der Waals surface area (Å²) >= 11 is 0. The van der Waals surface area contributed by atoms with Crippen LogP contribution >= 0.6 is 0 Å². The first kappa shape index (κ1) is 12.4. The number of nitrogens with one attached hydrogen (secondary N) is 1. The molecule has 2 saturated carbocycles. The lowest BCUT2D eigenvalue weighted by Crippen LogP contribution is -2.62. The van der Waals surface area contributed by atoms with Crippen molar-refractivity contribution >= 4 is 0 Å². The third-order valence-electron chi connectivity index (χ3n) is 4.75. The van der Waals surface area contributed by atoms with Crippen molar-refractivity contribution in [2.45, 2.75) is 65.0 Å². The second-order valence-electron chi connectivity index (χ2n) is 5.78. The molecule has 2 rings (SSSR count). The zero-order valence-corrected chi connectivity index (χ0v) is 11.1. The molecule has 16 heavy (non-hydrogen) atoms. The first-order chi connectivity index (χ1) is 7.70. The van der Waals surface area contributed by atoms with Crippen LogP contribution in [0.3, 0.4) is 0 Å². The van der Waals surface area contributed by atoms with Gasteiger partial charge in [0.05, 0.1) is 6.10 Å². The molecule has 0 amide bonds. The summed E-state index contributed by atoms with van der Waals surface area (Å²) in [5, 5.41) is 3.74. The number of hydrogen-bond acceptors (Lipinski definition) is 2. The molecular formula is C14H27NO. The first-order valence-corrected chi connectivity index (χ1v) is 7.05. The average molecular weight is 225 g/mol. The van der Waals surface area contributed by atoms with Crippen molar-refractivity contribution in [2.24, 2.45) is 11.3 Å². The Balaban J connectivity index is 1.72. The van der Waals surface area contributed by atoms with Crippen molar-refractivity contribution in [3.63, 3.8) is 0 Å². The van der Waals surface area contributed by atoms with Gasteiger partial charge in [0.1, 0.15) is 0 Å². The summed E-state index contributed by atoms with van der Waals surface area (Å²) in [6.07, 6.45) is 7.25. The SMILES string of the molecule is CCOC1CC(NCCC2CC2)C1(C)CC. The minimum absolute atomic E-state index is 0.375. The molecule has 2 heteroatoms. The van der Waals surface area contributed by atoms with E-state index in [0.717, 1.165) is 12.5 Å². The summed E-state index contributed by atoms with van der Waals surface area (Å²) in [6.45, 7) is 8.84. The molecule has 0 radical (unpaired) electrons. The highest BCUT2D eigenvalue weighted by atomic mass is 16.5. The van der Waals surface area contributed by atoms with E-state index in [4.69, 9.17) is 4.74 Å². The normalized spacial score (nSPS) is 38.4. The van der Waals surface area contributed by atoms with Gasteiger partial charge in [0.15, 0.2) is 0 Å². The van der Waals surface area contributed by atoms with Crippen LogP contribution in [-0.2, 0) is 4.74 Å². The van der Waals surface area contributed by atoms with E-state index in [1.807, 2.05) is 0 Å². The van der Waals surface area contributed by atoms with E-state index in [1.165, 1.54) is 38.6 Å². The van der Waals surface area contributed by atoms with Gasteiger partial charge in [-0.15, -0.1) is 0 Å². The molecule has 0 saturated heterocycles. The standard InChI is InChI=1S/C14H27NO/c1-4-14(3)12(10-13(14)16-5-2)15-9-8-11-6-7-11/h11-13,15H,4-10H2,1-3H3. The molecule has 0 spiro atoms. The van der Waals surface area contributed by atoms with Crippen LogP contribution in [0, 0.1) is 11.3 Å². The molecule has 2 aliphatic rings. The molecule has 2 fully saturated rings. The van der Waals surface area contributed by atoms with Crippen LogP contribution in [0.4, 0.5) is 0 Å². The first-order valence-electron chi connectivity index (χ1n) is 7.05. The lowest BCUT2D eigenvalue weighted by Gasteiger charge is -2.53. The quantitative estimate of drug-likeness (QED) is 0.719. The van der Waals surface area contributed by atoms with Crippen LogP contribution in [0.5, 0.6) is 0 Å². The van der Waals surface area contributed by atoms with Crippen LogP contribution in [-0.4, -0.2) is 25.3 Å². The van der Waals surface area contributed by atoms with Crippen LogP contribution in [0.25, 0.3) is 0 Å². The van der Waals surface area contributed by atoms with E-state index in [9.17, 15) is 0 Å². The molecule has 3 unspecified atom stereocenters. The van der Waals surface area contributed by atoms with Gasteiger partial charge in [-0.05, 0) is 38.6 Å². The molecule has 3 atom stereocenters. The fourth-order valence-corrected chi connectivity index (χ4v) is 2.93. The van der Waals surface area contributed by atoms with Crippen LogP contribution in [0.1, 0.15) is 52.9 Å². The Hall–Kier alpha value is -0.0800. The van der Waals surface area contributed by atoms with Crippen molar-refractivity contribution < 1.29 is 4.74 Å². The van der Waals surface area contributed by atoms with Gasteiger partial charge in [0, 0.05) is 18.1 Å². The Morgan fingerprint density at radius 2 is 2.06 bits per heavy atom. The third-order valence-corrected chi connectivity index (χ3v) is 4.75. The maximum atomic E-state index is 5.81. The van der Waals surface area contributed by atoms with Gasteiger partial charge < -0.3 is 10.1 Å². The van der Waals surface area contributed by atoms with E-state index in [-0.39, 0.29) is 0 Å². The Kier molecular flexibility index (Phi) is 3.91. The maximum Gasteiger partial charge on any atom is 0.0658 e. The van der Waals surface area contributed by atoms with Crippen LogP contribution in [0.15, 0.2) is 0 Å². The fraction of sp³-hybridized carbons (Fsp3) is 1.00. The lowest BCUT2D eigenvalue weighted by molar-refractivity contribution is -0.125. The van der Waals surface area contributed by atoms with E-state index in [1.54, 1.807) is 0 Å². The highest BCUT2D eigenvalue weighted by Crippen LogP contribution is 2.46. The fourth-order valence-electron chi connectivity index (χ4n) is 2.93. The van der Waals surface area contributed by atoms with Gasteiger partial charge in [0.25, 0.3) is 0 Å². The highest BCUT2D eigenvalue weighted by Gasteiger charge is 2.50. The van der Waals surface area contributed by atoms with E-state index < -0.39 is 0 Å². The molecule has 0 aromatic rings. The molecular weight excluding hydrogens is 198 g/mol. The summed E-state index contributed by atoms with van der Waals surface area (Å²) in [5.74, 6) is 1.04. The van der Waals surface area contributed by atoms with Crippen LogP contribution in [0.2, 0.25) is 0 Å². The number of rotatable bonds is 7. The Morgan fingerprint density at radius 3 is 2.62 bits per heavy atom. The molecule has 1 N–H and O–H groups in total. The van der Waals surface area contributed by atoms with Crippen molar-refractivity contribution in [1.29, 1.82) is 0 Å². The topological polar surface area (TPSA) is 21.3 Å². The minimum Gasteiger partial charge on any atom is -0.378 e. The highest BCUT2D eigenvalue weighted by molar-refractivity contribution is 5.04. The summed E-state index contributed by atoms with van der Waals surface area (Å²) in [7, 11) is 0. The van der Waals surface area contributed by atoms with E-state index in [2.05, 4.69) is 26.1 Å². The molecule has 2 aliphatic carbocycles. The summed E-state index contributed by atoms with van der Waals surface area (Å²) in [6, 6.07) is 0.688. The van der Waals surface area contributed by atoms with Crippen molar-refractivity contribution in [2.75, 3.05) is 13.2 Å². The average Bonchev–Trinajstić information content (AvgIpc) is 3.09. The maximum absolute atomic E-state index is 5.81. The molecule has 2 nitrogen and oxygen atoms in total. The van der Waals surface area contributed by atoms with E-state index >= 15 is 0 Å². The Morgan fingerprint density at radius 1 is 1.31 bits per heavy atom. The molecule has 0 heterocycles. The summed E-state index contributed by atoms with van der Waals surface area (Å²) in [5.41, 5.74) is 0.375. The van der Waals surface area contributed by atoms with Crippen molar-refractivity contribution in [3.05, 3.63) is 0 Å². The largest absolute Gasteiger partial charge is 0.378 e. The van der Waals surface area contributed by atoms with Crippen molar-refractivity contribution in [3.8, 4) is 0 Å². The Bertz CT molecular complexity index is 227. The molecule has 0 aliphatic heterocycles. The van der Waals surface area contributed by atoms with Gasteiger partial charge in [-0.1, -0.05) is 26.7 Å². The van der Waals surface area contributed by atoms with Gasteiger partial charge >= 0.3 is 0 Å². The third kappa shape index (κ3) is 2.43. The zero-order valence-electron chi connectivity index (χ0n) is 11.1. The second kappa shape index (κ2) is 5.05. The molecule has 0 bridgehead atoms. The predicted octanol–water partition coefficient (Wildman–Crippen LogP) is 2.97. The number of ether oxygens (including phenoxy) is 1. The van der Waals surface area contributed by atoms with E-state index in [0.29, 0.717) is 17.6 Å². The van der Waals surface area contributed by atoms with Gasteiger partial charge in [-0.2, -0.15) is 0 Å². The smallest absolute Gasteiger partial charge is 0.0658 e.